The van der Waals surface area contributed by atoms with Crippen LogP contribution in [0.25, 0.3) is 0 Å². The van der Waals surface area contributed by atoms with Gasteiger partial charge in [0.05, 0.1) is 0 Å². The molecule has 0 aliphatic rings. The molecule has 0 saturated carbocycles. The summed E-state index contributed by atoms with van der Waals surface area (Å²) in [6.07, 6.45) is -0.129. The molecule has 1 atom stereocenters. The maximum atomic E-state index is 11.6. The van der Waals surface area contributed by atoms with Gasteiger partial charge < -0.3 is 21.5 Å². The maximum Gasteiger partial charge on any atom is 0.326 e. The lowest BCUT2D eigenvalue weighted by atomic mass is 10.1. The third-order valence-corrected chi connectivity index (χ3v) is 3.59. The van der Waals surface area contributed by atoms with Crippen molar-refractivity contribution in [3.05, 3.63) is 21.9 Å². The number of carboxylic acid groups (broad SMARTS) is 1. The van der Waals surface area contributed by atoms with Gasteiger partial charge in [0.1, 0.15) is 6.04 Å². The molecule has 0 aliphatic heterocycles. The van der Waals surface area contributed by atoms with Crippen LogP contribution in [-0.4, -0.2) is 29.1 Å². The molecular weight excluding hydrogens is 282 g/mol. The van der Waals surface area contributed by atoms with E-state index in [4.69, 9.17) is 10.8 Å². The van der Waals surface area contributed by atoms with Gasteiger partial charge in [-0.15, -0.1) is 0 Å². The first kappa shape index (κ1) is 16.0. The second kappa shape index (κ2) is 7.49. The number of carboxylic acids is 1. The fraction of sp³-hybridized carbons (Fsp3) is 0.417. The highest BCUT2D eigenvalue weighted by molar-refractivity contribution is 7.08. The highest BCUT2D eigenvalue weighted by Gasteiger charge is 2.20. The zero-order valence-corrected chi connectivity index (χ0v) is 11.8. The Labute approximate surface area is 120 Å². The molecule has 0 radical (unpaired) electrons. The summed E-state index contributed by atoms with van der Waals surface area (Å²) < 4.78 is 0. The van der Waals surface area contributed by atoms with E-state index in [0.29, 0.717) is 6.54 Å². The van der Waals surface area contributed by atoms with E-state index in [2.05, 4.69) is 10.6 Å². The first-order chi connectivity index (χ1) is 9.40. The molecule has 0 aliphatic carbocycles. The molecule has 3 amide bonds. The number of urea groups is 1. The summed E-state index contributed by atoms with van der Waals surface area (Å²) in [5.41, 5.74) is 7.00. The van der Waals surface area contributed by atoms with Gasteiger partial charge in [-0.25, -0.2) is 9.59 Å². The van der Waals surface area contributed by atoms with Crippen LogP contribution in [0.2, 0.25) is 0 Å². The lowest BCUT2D eigenvalue weighted by Gasteiger charge is -2.14. The summed E-state index contributed by atoms with van der Waals surface area (Å²) >= 11 is 1.53. The van der Waals surface area contributed by atoms with E-state index in [1.165, 1.54) is 11.3 Å². The molecule has 0 spiro atoms. The Morgan fingerprint density at radius 3 is 2.60 bits per heavy atom. The number of carbonyl (C=O) groups excluding carboxylic acids is 2. The van der Waals surface area contributed by atoms with Gasteiger partial charge in [0.15, 0.2) is 0 Å². The average molecular weight is 299 g/mol. The van der Waals surface area contributed by atoms with Gasteiger partial charge in [-0.2, -0.15) is 11.3 Å². The number of hydrogen-bond donors (Lipinski definition) is 4. The minimum Gasteiger partial charge on any atom is -0.480 e. The van der Waals surface area contributed by atoms with Gasteiger partial charge in [-0.05, 0) is 35.2 Å². The van der Waals surface area contributed by atoms with Crippen molar-refractivity contribution in [1.82, 2.24) is 10.6 Å². The van der Waals surface area contributed by atoms with Gasteiger partial charge in [-0.1, -0.05) is 0 Å². The largest absolute Gasteiger partial charge is 0.480 e. The Morgan fingerprint density at radius 2 is 2.10 bits per heavy atom. The lowest BCUT2D eigenvalue weighted by molar-refractivity contribution is -0.139. The molecule has 7 nitrogen and oxygen atoms in total. The van der Waals surface area contributed by atoms with Gasteiger partial charge in [0, 0.05) is 13.0 Å². The van der Waals surface area contributed by atoms with Gasteiger partial charge in [0.25, 0.3) is 0 Å². The Bertz CT molecular complexity index is 501. The van der Waals surface area contributed by atoms with E-state index in [1.807, 2.05) is 17.7 Å². The number of hydrogen-bond acceptors (Lipinski definition) is 4. The molecular formula is C12H17N3O4S. The molecule has 1 rings (SSSR count). The molecule has 1 aromatic heterocycles. The first-order valence-electron chi connectivity index (χ1n) is 5.97. The number of amides is 3. The number of primary amides is 1. The first-order valence-corrected chi connectivity index (χ1v) is 6.91. The Hall–Kier alpha value is -2.09. The van der Waals surface area contributed by atoms with E-state index in [1.54, 1.807) is 0 Å². The average Bonchev–Trinajstić information content (AvgIpc) is 2.77. The van der Waals surface area contributed by atoms with Crippen LogP contribution in [0.5, 0.6) is 0 Å². The predicted octanol–water partition coefficient (Wildman–Crippen LogP) is 0.574. The SMILES string of the molecule is Cc1cscc1CNC(=O)N[C@H](CCC(N)=O)C(=O)O. The van der Waals surface area contributed by atoms with E-state index in [-0.39, 0.29) is 12.8 Å². The van der Waals surface area contributed by atoms with Crippen LogP contribution in [0, 0.1) is 6.92 Å². The molecule has 0 aromatic carbocycles. The van der Waals surface area contributed by atoms with E-state index < -0.39 is 23.9 Å². The third-order valence-electron chi connectivity index (χ3n) is 2.68. The van der Waals surface area contributed by atoms with Crippen molar-refractivity contribution in [2.75, 3.05) is 0 Å². The molecule has 5 N–H and O–H groups in total. The van der Waals surface area contributed by atoms with E-state index in [0.717, 1.165) is 11.1 Å². The zero-order chi connectivity index (χ0) is 15.1. The number of rotatable bonds is 7. The van der Waals surface area contributed by atoms with Crippen LogP contribution in [-0.2, 0) is 16.1 Å². The summed E-state index contributed by atoms with van der Waals surface area (Å²) in [4.78, 5) is 33.2. The van der Waals surface area contributed by atoms with Gasteiger partial charge in [0.2, 0.25) is 5.91 Å². The van der Waals surface area contributed by atoms with Crippen LogP contribution in [0.4, 0.5) is 4.79 Å². The lowest BCUT2D eigenvalue weighted by Crippen LogP contribution is -2.46. The molecule has 0 bridgehead atoms. The number of aryl methyl sites for hydroxylation is 1. The normalized spacial score (nSPS) is 11.7. The molecule has 0 unspecified atom stereocenters. The van der Waals surface area contributed by atoms with Crippen molar-refractivity contribution in [1.29, 1.82) is 0 Å². The van der Waals surface area contributed by atoms with Gasteiger partial charge >= 0.3 is 12.0 Å². The van der Waals surface area contributed by atoms with Crippen molar-refractivity contribution in [3.8, 4) is 0 Å². The zero-order valence-electron chi connectivity index (χ0n) is 11.0. The fourth-order valence-electron chi connectivity index (χ4n) is 1.50. The Kier molecular flexibility index (Phi) is 5.98. The second-order valence-electron chi connectivity index (χ2n) is 4.30. The second-order valence-corrected chi connectivity index (χ2v) is 5.05. The minimum atomic E-state index is -1.20. The standard InChI is InChI=1S/C12H17N3O4S/c1-7-5-20-6-8(7)4-14-12(19)15-9(11(17)18)2-3-10(13)16/h5-6,9H,2-4H2,1H3,(H2,13,16)(H,17,18)(H2,14,15,19)/t9-/m1/s1. The van der Waals surface area contributed by atoms with Crippen molar-refractivity contribution < 1.29 is 19.5 Å². The van der Waals surface area contributed by atoms with E-state index in [9.17, 15) is 14.4 Å². The van der Waals surface area contributed by atoms with Crippen LogP contribution < -0.4 is 16.4 Å². The topological polar surface area (TPSA) is 122 Å². The summed E-state index contributed by atoms with van der Waals surface area (Å²) in [6, 6.07) is -1.72. The van der Waals surface area contributed by atoms with Crippen molar-refractivity contribution in [2.45, 2.75) is 32.4 Å². The molecule has 1 heterocycles. The number of aliphatic carboxylic acids is 1. The van der Waals surface area contributed by atoms with Crippen LogP contribution in [0.1, 0.15) is 24.0 Å². The Balaban J connectivity index is 2.43. The molecule has 0 saturated heterocycles. The van der Waals surface area contributed by atoms with E-state index >= 15 is 0 Å². The van der Waals surface area contributed by atoms with Gasteiger partial charge in [-0.3, -0.25) is 4.79 Å². The maximum absolute atomic E-state index is 11.6. The molecule has 110 valence electrons. The van der Waals surface area contributed by atoms with Crippen LogP contribution in [0.15, 0.2) is 10.8 Å². The van der Waals surface area contributed by atoms with Crippen molar-refractivity contribution in [3.63, 3.8) is 0 Å². The fourth-order valence-corrected chi connectivity index (χ4v) is 2.35. The summed E-state index contributed by atoms with van der Waals surface area (Å²) in [6.45, 7) is 2.25. The number of nitrogens with two attached hydrogens (primary N) is 1. The molecule has 0 fully saturated rings. The third kappa shape index (κ3) is 5.27. The predicted molar refractivity (Wildman–Crippen MR) is 74.3 cm³/mol. The summed E-state index contributed by atoms with van der Waals surface area (Å²) in [5, 5.41) is 17.7. The Morgan fingerprint density at radius 1 is 1.40 bits per heavy atom. The van der Waals surface area contributed by atoms with Crippen molar-refractivity contribution >= 4 is 29.2 Å². The minimum absolute atomic E-state index is 0.0322. The number of nitrogens with one attached hydrogen (secondary N) is 2. The number of carbonyl (C=O) groups is 3. The summed E-state index contributed by atoms with van der Waals surface area (Å²) in [7, 11) is 0. The van der Waals surface area contributed by atoms with Crippen molar-refractivity contribution in [2.24, 2.45) is 5.73 Å². The van der Waals surface area contributed by atoms with Crippen LogP contribution in [0.3, 0.4) is 0 Å². The molecule has 1 aromatic rings. The summed E-state index contributed by atoms with van der Waals surface area (Å²) in [5.74, 6) is -1.81. The number of thiophene rings is 1. The monoisotopic (exact) mass is 299 g/mol. The highest BCUT2D eigenvalue weighted by Crippen LogP contribution is 2.12. The smallest absolute Gasteiger partial charge is 0.326 e. The highest BCUT2D eigenvalue weighted by atomic mass is 32.1. The molecule has 8 heteroatoms. The molecule has 20 heavy (non-hydrogen) atoms. The van der Waals surface area contributed by atoms with Crippen LogP contribution >= 0.6 is 11.3 Å². The quantitative estimate of drug-likeness (QED) is 0.588.